The van der Waals surface area contributed by atoms with Gasteiger partial charge in [-0.15, -0.1) is 11.3 Å². The number of ether oxygens (including phenoxy) is 1. The molecule has 1 aliphatic rings. The number of nitrogens with zero attached hydrogens (tertiary/aromatic N) is 2. The second-order valence-electron chi connectivity index (χ2n) is 7.84. The van der Waals surface area contributed by atoms with Crippen LogP contribution >= 0.6 is 11.3 Å². The Morgan fingerprint density at radius 3 is 2.65 bits per heavy atom. The first-order chi connectivity index (χ1) is 16.6. The lowest BCUT2D eigenvalue weighted by molar-refractivity contribution is 0.0954. The van der Waals surface area contributed by atoms with E-state index in [9.17, 15) is 14.0 Å². The number of carbonyl (C=O) groups excluding carboxylic acids is 2. The van der Waals surface area contributed by atoms with Crippen molar-refractivity contribution in [2.45, 2.75) is 6.54 Å². The number of H-pyrrole nitrogens is 1. The Morgan fingerprint density at radius 1 is 1.09 bits per heavy atom. The van der Waals surface area contributed by atoms with Crippen LogP contribution in [0.15, 0.2) is 54.6 Å². The fourth-order valence-corrected chi connectivity index (χ4v) is 4.68. The molecule has 1 fully saturated rings. The summed E-state index contributed by atoms with van der Waals surface area (Å²) in [6.45, 7) is 3.26. The Hall–Kier alpha value is -3.76. The molecule has 3 heterocycles. The minimum Gasteiger partial charge on any atom is -0.378 e. The van der Waals surface area contributed by atoms with E-state index in [2.05, 4.69) is 25.7 Å². The molecule has 0 saturated carbocycles. The molecule has 0 bridgehead atoms. The Morgan fingerprint density at radius 2 is 1.88 bits per heavy atom. The van der Waals surface area contributed by atoms with Gasteiger partial charge in [-0.25, -0.2) is 4.39 Å². The van der Waals surface area contributed by atoms with E-state index < -0.39 is 0 Å². The molecule has 2 amide bonds. The number of morpholine rings is 1. The van der Waals surface area contributed by atoms with Gasteiger partial charge in [-0.1, -0.05) is 12.1 Å². The first-order valence-corrected chi connectivity index (χ1v) is 11.6. The highest BCUT2D eigenvalue weighted by Crippen LogP contribution is 2.29. The number of hydrogen-bond acceptors (Lipinski definition) is 6. The summed E-state index contributed by atoms with van der Waals surface area (Å²) >= 11 is 1.21. The zero-order valence-electron chi connectivity index (χ0n) is 18.1. The van der Waals surface area contributed by atoms with Crippen LogP contribution in [0.3, 0.4) is 0 Å². The molecule has 1 saturated heterocycles. The normalized spacial score (nSPS) is 13.7. The monoisotopic (exact) mass is 479 g/mol. The molecule has 0 atom stereocenters. The SMILES string of the molecule is O=C(Nc1[nH]nc2sc(C(=O)NCc3cccc(F)c3)cc12)c1ccc(N2CCOCC2)cc1. The summed E-state index contributed by atoms with van der Waals surface area (Å²) in [5.74, 6) is -0.485. The zero-order chi connectivity index (χ0) is 23.5. The number of anilines is 2. The molecular formula is C24H22FN5O3S. The number of carbonyl (C=O) groups is 2. The van der Waals surface area contributed by atoms with Gasteiger partial charge in [-0.2, -0.15) is 5.10 Å². The summed E-state index contributed by atoms with van der Waals surface area (Å²) < 4.78 is 18.7. The molecule has 34 heavy (non-hydrogen) atoms. The number of amides is 2. The number of fused-ring (bicyclic) bond motifs is 1. The standard InChI is InChI=1S/C24H22FN5O3S/c25-17-3-1-2-15(12-17)14-26-23(32)20-13-19-21(28-29-24(19)34-20)27-22(31)16-4-6-18(7-5-16)30-8-10-33-11-9-30/h1-7,12-13H,8-11,14H2,(H,26,32)(H2,27,28,29,31). The van der Waals surface area contributed by atoms with Gasteiger partial charge in [0, 0.05) is 30.9 Å². The Balaban J connectivity index is 1.24. The van der Waals surface area contributed by atoms with Gasteiger partial charge in [0.1, 0.15) is 16.5 Å². The van der Waals surface area contributed by atoms with E-state index in [1.807, 2.05) is 12.1 Å². The van der Waals surface area contributed by atoms with E-state index in [1.54, 1.807) is 30.3 Å². The third-order valence-electron chi connectivity index (χ3n) is 5.56. The molecule has 4 aromatic rings. The van der Waals surface area contributed by atoms with Crippen LogP contribution in [-0.2, 0) is 11.3 Å². The van der Waals surface area contributed by atoms with Crippen molar-refractivity contribution < 1.29 is 18.7 Å². The zero-order valence-corrected chi connectivity index (χ0v) is 19.0. The minimum atomic E-state index is -0.350. The van der Waals surface area contributed by atoms with Crippen LogP contribution in [0, 0.1) is 5.82 Å². The van der Waals surface area contributed by atoms with Gasteiger partial charge in [0.2, 0.25) is 0 Å². The first kappa shape index (κ1) is 22.1. The molecule has 2 aromatic carbocycles. The highest BCUT2D eigenvalue weighted by atomic mass is 32.1. The summed E-state index contributed by atoms with van der Waals surface area (Å²) in [5.41, 5.74) is 2.24. The van der Waals surface area contributed by atoms with Gasteiger partial charge in [-0.3, -0.25) is 14.7 Å². The summed E-state index contributed by atoms with van der Waals surface area (Å²) in [5, 5.41) is 13.3. The van der Waals surface area contributed by atoms with Crippen molar-refractivity contribution in [3.05, 3.63) is 76.4 Å². The third-order valence-corrected chi connectivity index (χ3v) is 6.59. The van der Waals surface area contributed by atoms with Crippen molar-refractivity contribution >= 4 is 44.9 Å². The Labute approximate surface area is 198 Å². The van der Waals surface area contributed by atoms with Crippen molar-refractivity contribution in [1.82, 2.24) is 15.5 Å². The van der Waals surface area contributed by atoms with E-state index in [-0.39, 0.29) is 24.2 Å². The van der Waals surface area contributed by atoms with Crippen molar-refractivity contribution in [3.63, 3.8) is 0 Å². The van der Waals surface area contributed by atoms with Crippen LogP contribution in [0.5, 0.6) is 0 Å². The first-order valence-electron chi connectivity index (χ1n) is 10.8. The van der Waals surface area contributed by atoms with E-state index in [4.69, 9.17) is 4.74 Å². The second-order valence-corrected chi connectivity index (χ2v) is 8.87. The van der Waals surface area contributed by atoms with Gasteiger partial charge >= 0.3 is 0 Å². The third kappa shape index (κ3) is 4.78. The average molecular weight is 480 g/mol. The predicted molar refractivity (Wildman–Crippen MR) is 129 cm³/mol. The Bertz CT molecular complexity index is 1330. The largest absolute Gasteiger partial charge is 0.378 e. The lowest BCUT2D eigenvalue weighted by Gasteiger charge is -2.28. The molecule has 0 radical (unpaired) electrons. The van der Waals surface area contributed by atoms with Gasteiger partial charge < -0.3 is 20.3 Å². The molecule has 174 valence electrons. The van der Waals surface area contributed by atoms with E-state index in [1.165, 1.54) is 23.5 Å². The quantitative estimate of drug-likeness (QED) is 0.391. The lowest BCUT2D eigenvalue weighted by atomic mass is 10.1. The van der Waals surface area contributed by atoms with Gasteiger partial charge in [0.15, 0.2) is 0 Å². The molecule has 0 unspecified atom stereocenters. The second kappa shape index (κ2) is 9.62. The molecule has 8 nitrogen and oxygen atoms in total. The van der Waals surface area contributed by atoms with Crippen molar-refractivity contribution in [1.29, 1.82) is 0 Å². The number of nitrogens with one attached hydrogen (secondary N) is 3. The molecule has 2 aromatic heterocycles. The van der Waals surface area contributed by atoms with Gasteiger partial charge in [-0.05, 0) is 48.0 Å². The van der Waals surface area contributed by atoms with Crippen molar-refractivity contribution in [2.75, 3.05) is 36.5 Å². The minimum absolute atomic E-state index is 0.211. The topological polar surface area (TPSA) is 99.3 Å². The van der Waals surface area contributed by atoms with Crippen LogP contribution in [0.2, 0.25) is 0 Å². The average Bonchev–Trinajstić information content (AvgIpc) is 3.45. The molecular weight excluding hydrogens is 457 g/mol. The van der Waals surface area contributed by atoms with Crippen molar-refractivity contribution in [2.24, 2.45) is 0 Å². The number of benzene rings is 2. The summed E-state index contributed by atoms with van der Waals surface area (Å²) in [7, 11) is 0. The van der Waals surface area contributed by atoms with Crippen LogP contribution in [0.4, 0.5) is 15.9 Å². The predicted octanol–water partition coefficient (Wildman–Crippen LogP) is 3.78. The highest BCUT2D eigenvalue weighted by molar-refractivity contribution is 7.20. The molecule has 3 N–H and O–H groups in total. The van der Waals surface area contributed by atoms with E-state index >= 15 is 0 Å². The molecule has 0 aliphatic carbocycles. The smallest absolute Gasteiger partial charge is 0.261 e. The van der Waals surface area contributed by atoms with E-state index in [0.717, 1.165) is 18.8 Å². The number of aromatic amines is 1. The number of thiophene rings is 1. The number of rotatable bonds is 6. The maximum Gasteiger partial charge on any atom is 0.261 e. The van der Waals surface area contributed by atoms with Crippen molar-refractivity contribution in [3.8, 4) is 0 Å². The molecule has 5 rings (SSSR count). The van der Waals surface area contributed by atoms with Crippen LogP contribution < -0.4 is 15.5 Å². The summed E-state index contributed by atoms with van der Waals surface area (Å²) in [6.07, 6.45) is 0. The molecule has 1 aliphatic heterocycles. The highest BCUT2D eigenvalue weighted by Gasteiger charge is 2.18. The fourth-order valence-electron chi connectivity index (χ4n) is 3.76. The summed E-state index contributed by atoms with van der Waals surface area (Å²) in [4.78, 5) is 28.6. The van der Waals surface area contributed by atoms with Gasteiger partial charge in [0.05, 0.1) is 23.5 Å². The lowest BCUT2D eigenvalue weighted by Crippen LogP contribution is -2.36. The summed E-state index contributed by atoms with van der Waals surface area (Å²) in [6, 6.07) is 15.2. The maximum atomic E-state index is 13.3. The number of aromatic nitrogens is 2. The number of halogens is 1. The molecule has 10 heteroatoms. The van der Waals surface area contributed by atoms with E-state index in [0.29, 0.717) is 45.3 Å². The Kier molecular flexibility index (Phi) is 6.24. The number of hydrogen-bond donors (Lipinski definition) is 3. The van der Waals surface area contributed by atoms with Crippen LogP contribution in [0.25, 0.3) is 10.2 Å². The fraction of sp³-hybridized carbons (Fsp3) is 0.208. The van der Waals surface area contributed by atoms with Crippen LogP contribution in [0.1, 0.15) is 25.6 Å². The molecule has 0 spiro atoms. The van der Waals surface area contributed by atoms with Crippen LogP contribution in [-0.4, -0.2) is 48.3 Å². The maximum absolute atomic E-state index is 13.3. The van der Waals surface area contributed by atoms with Gasteiger partial charge in [0.25, 0.3) is 11.8 Å².